The fourth-order valence-corrected chi connectivity index (χ4v) is 3.58. The molecule has 150 valence electrons. The van der Waals surface area contributed by atoms with Crippen LogP contribution in [0.2, 0.25) is 0 Å². The van der Waals surface area contributed by atoms with Crippen molar-refractivity contribution in [2.24, 2.45) is 4.99 Å². The van der Waals surface area contributed by atoms with Gasteiger partial charge in [-0.1, -0.05) is 24.3 Å². The molecule has 0 saturated carbocycles. The Kier molecular flexibility index (Phi) is 7.30. The van der Waals surface area contributed by atoms with Gasteiger partial charge in [0.25, 0.3) is 0 Å². The number of guanidine groups is 1. The molecule has 0 fully saturated rings. The minimum Gasteiger partial charge on any atom is -0.364 e. The molecule has 2 aromatic rings. The highest BCUT2D eigenvalue weighted by Crippen LogP contribution is 2.19. The van der Waals surface area contributed by atoms with Gasteiger partial charge in [0, 0.05) is 37.8 Å². The molecule has 1 aromatic carbocycles. The molecule has 8 heteroatoms. The van der Waals surface area contributed by atoms with Crippen LogP contribution in [0.4, 0.5) is 5.69 Å². The van der Waals surface area contributed by atoms with E-state index in [1.165, 1.54) is 11.3 Å². The zero-order valence-electron chi connectivity index (χ0n) is 16.2. The zero-order valence-corrected chi connectivity index (χ0v) is 18.5. The Bertz CT molecular complexity index is 821. The summed E-state index contributed by atoms with van der Waals surface area (Å²) < 4.78 is 1.98. The predicted molar refractivity (Wildman–Crippen MR) is 123 cm³/mol. The van der Waals surface area contributed by atoms with Gasteiger partial charge in [0.1, 0.15) is 12.2 Å². The highest BCUT2D eigenvalue weighted by molar-refractivity contribution is 14.0. The van der Waals surface area contributed by atoms with Crippen molar-refractivity contribution < 1.29 is 0 Å². The van der Waals surface area contributed by atoms with E-state index < -0.39 is 0 Å². The molecule has 1 unspecified atom stereocenters. The van der Waals surface area contributed by atoms with Gasteiger partial charge in [-0.15, -0.1) is 24.0 Å². The average Bonchev–Trinajstić information content (AvgIpc) is 3.38. The average molecular weight is 493 g/mol. The summed E-state index contributed by atoms with van der Waals surface area (Å²) in [6.07, 6.45) is 8.05. The van der Waals surface area contributed by atoms with Gasteiger partial charge in [0.2, 0.25) is 0 Å². The number of aliphatic imine (C=N–C) groups is 1. The summed E-state index contributed by atoms with van der Waals surface area (Å²) in [6, 6.07) is 8.98. The van der Waals surface area contributed by atoms with Crippen molar-refractivity contribution in [1.29, 1.82) is 0 Å². The van der Waals surface area contributed by atoms with Crippen molar-refractivity contribution in [3.63, 3.8) is 0 Å². The summed E-state index contributed by atoms with van der Waals surface area (Å²) in [5.74, 6) is 1.93. The Labute approximate surface area is 183 Å². The lowest BCUT2D eigenvalue weighted by molar-refractivity contribution is 0.392. The Morgan fingerprint density at radius 1 is 1.29 bits per heavy atom. The van der Waals surface area contributed by atoms with E-state index in [4.69, 9.17) is 4.99 Å². The molecule has 1 atom stereocenters. The number of aryl methyl sites for hydroxylation is 1. The quantitative estimate of drug-likeness (QED) is 0.290. The lowest BCUT2D eigenvalue weighted by Gasteiger charge is -2.25. The molecule has 2 aliphatic rings. The summed E-state index contributed by atoms with van der Waals surface area (Å²) in [6.45, 7) is 6.40. The number of nitrogens with one attached hydrogen (secondary N) is 2. The molecule has 4 rings (SSSR count). The van der Waals surface area contributed by atoms with E-state index in [2.05, 4.69) is 69.0 Å². The van der Waals surface area contributed by atoms with Crippen LogP contribution in [-0.2, 0) is 19.5 Å². The van der Waals surface area contributed by atoms with Gasteiger partial charge in [-0.25, -0.2) is 14.7 Å². The number of hydrogen-bond acceptors (Lipinski definition) is 4. The molecule has 7 nitrogen and oxygen atoms in total. The Morgan fingerprint density at radius 2 is 2.14 bits per heavy atom. The molecule has 0 aliphatic carbocycles. The van der Waals surface area contributed by atoms with Crippen molar-refractivity contribution in [3.8, 4) is 0 Å². The van der Waals surface area contributed by atoms with Gasteiger partial charge in [-0.05, 0) is 31.0 Å². The molecular weight excluding hydrogens is 465 g/mol. The van der Waals surface area contributed by atoms with Crippen LogP contribution in [0, 0.1) is 0 Å². The molecular formula is C20H28IN7. The molecule has 3 heterocycles. The second-order valence-corrected chi connectivity index (χ2v) is 6.98. The van der Waals surface area contributed by atoms with Crippen LogP contribution in [0.1, 0.15) is 24.7 Å². The van der Waals surface area contributed by atoms with Gasteiger partial charge in [-0.3, -0.25) is 0 Å². The van der Waals surface area contributed by atoms with Gasteiger partial charge in [0.15, 0.2) is 5.96 Å². The van der Waals surface area contributed by atoms with Crippen LogP contribution < -0.4 is 15.5 Å². The number of nitrogens with zero attached hydrogens (tertiary/aromatic N) is 5. The number of benzene rings is 1. The second-order valence-electron chi connectivity index (χ2n) is 6.98. The number of hydrogen-bond donors (Lipinski definition) is 2. The molecule has 28 heavy (non-hydrogen) atoms. The summed E-state index contributed by atoms with van der Waals surface area (Å²) in [4.78, 5) is 11.5. The lowest BCUT2D eigenvalue weighted by atomic mass is 10.1. The first-order valence-corrected chi connectivity index (χ1v) is 9.72. The second kappa shape index (κ2) is 9.90. The topological polar surface area (TPSA) is 70.4 Å². The van der Waals surface area contributed by atoms with Crippen LogP contribution in [-0.4, -0.2) is 46.4 Å². The van der Waals surface area contributed by atoms with E-state index in [9.17, 15) is 0 Å². The van der Waals surface area contributed by atoms with E-state index in [1.807, 2.05) is 4.68 Å². The molecule has 2 N–H and O–H groups in total. The zero-order chi connectivity index (χ0) is 18.5. The molecule has 0 bridgehead atoms. The number of fused-ring (bicyclic) bond motifs is 1. The maximum Gasteiger partial charge on any atom is 0.191 e. The third-order valence-electron chi connectivity index (χ3n) is 5.00. The predicted octanol–water partition coefficient (Wildman–Crippen LogP) is 2.34. The van der Waals surface area contributed by atoms with Crippen LogP contribution in [0.25, 0.3) is 0 Å². The molecule has 0 amide bonds. The van der Waals surface area contributed by atoms with E-state index in [1.54, 1.807) is 6.33 Å². The van der Waals surface area contributed by atoms with E-state index in [0.29, 0.717) is 12.6 Å². The summed E-state index contributed by atoms with van der Waals surface area (Å²) in [5.41, 5.74) is 2.48. The molecule has 0 radical (unpaired) electrons. The van der Waals surface area contributed by atoms with Crippen molar-refractivity contribution in [1.82, 2.24) is 25.4 Å². The summed E-state index contributed by atoms with van der Waals surface area (Å²) in [7, 11) is 0. The van der Waals surface area contributed by atoms with Gasteiger partial charge in [-0.2, -0.15) is 5.10 Å². The molecule has 0 spiro atoms. The van der Waals surface area contributed by atoms with Gasteiger partial charge < -0.3 is 15.5 Å². The first kappa shape index (κ1) is 20.6. The Morgan fingerprint density at radius 3 is 2.96 bits per heavy atom. The SMILES string of the molecule is CCNC(=NCc1cccc(N2CC=CC2)c1)NC1CCc2ncnn2C1.I. The maximum atomic E-state index is 4.80. The molecule has 2 aliphatic heterocycles. The Hall–Kier alpha value is -2.10. The summed E-state index contributed by atoms with van der Waals surface area (Å²) >= 11 is 0. The Balaban J connectivity index is 0.00000225. The fourth-order valence-electron chi connectivity index (χ4n) is 3.58. The fraction of sp³-hybridized carbons (Fsp3) is 0.450. The first-order chi connectivity index (χ1) is 13.3. The van der Waals surface area contributed by atoms with Crippen LogP contribution in [0.5, 0.6) is 0 Å². The third kappa shape index (κ3) is 5.03. The van der Waals surface area contributed by atoms with Gasteiger partial charge in [0.05, 0.1) is 13.1 Å². The number of halogens is 1. The van der Waals surface area contributed by atoms with Crippen molar-refractivity contribution in [2.75, 3.05) is 24.5 Å². The van der Waals surface area contributed by atoms with Crippen LogP contribution >= 0.6 is 24.0 Å². The summed E-state index contributed by atoms with van der Waals surface area (Å²) in [5, 5.41) is 11.2. The minimum atomic E-state index is 0. The van der Waals surface area contributed by atoms with Crippen molar-refractivity contribution in [2.45, 2.75) is 38.9 Å². The minimum absolute atomic E-state index is 0. The van der Waals surface area contributed by atoms with Gasteiger partial charge >= 0.3 is 0 Å². The highest BCUT2D eigenvalue weighted by atomic mass is 127. The highest BCUT2D eigenvalue weighted by Gasteiger charge is 2.20. The van der Waals surface area contributed by atoms with E-state index >= 15 is 0 Å². The standard InChI is InChI=1S/C20H27N7.HI/c1-2-21-20(25-17-8-9-19-23-15-24-27(19)14-17)22-13-16-6-5-7-18(12-16)26-10-3-4-11-26;/h3-7,12,15,17H,2,8-11,13-14H2,1H3,(H2,21,22,25);1H. The van der Waals surface area contributed by atoms with Crippen LogP contribution in [0.15, 0.2) is 47.7 Å². The molecule has 1 aromatic heterocycles. The maximum absolute atomic E-state index is 4.80. The normalized spacial score (nSPS) is 18.5. The monoisotopic (exact) mass is 493 g/mol. The van der Waals surface area contributed by atoms with Crippen LogP contribution in [0.3, 0.4) is 0 Å². The number of rotatable bonds is 5. The smallest absolute Gasteiger partial charge is 0.191 e. The van der Waals surface area contributed by atoms with Crippen molar-refractivity contribution >= 4 is 35.6 Å². The first-order valence-electron chi connectivity index (χ1n) is 9.72. The van der Waals surface area contributed by atoms with E-state index in [0.717, 1.165) is 50.8 Å². The largest absolute Gasteiger partial charge is 0.364 e. The number of anilines is 1. The number of aromatic nitrogens is 3. The van der Waals surface area contributed by atoms with E-state index in [-0.39, 0.29) is 24.0 Å². The van der Waals surface area contributed by atoms with Crippen molar-refractivity contribution in [3.05, 3.63) is 54.1 Å². The molecule has 0 saturated heterocycles. The third-order valence-corrected chi connectivity index (χ3v) is 5.00. The lowest BCUT2D eigenvalue weighted by Crippen LogP contribution is -2.47.